The van der Waals surface area contributed by atoms with Crippen molar-refractivity contribution in [1.29, 1.82) is 0 Å². The van der Waals surface area contributed by atoms with Crippen LogP contribution in [-0.2, 0) is 0 Å². The summed E-state index contributed by atoms with van der Waals surface area (Å²) in [6.45, 7) is 6.14. The van der Waals surface area contributed by atoms with E-state index in [9.17, 15) is 4.79 Å². The summed E-state index contributed by atoms with van der Waals surface area (Å²) in [6, 6.07) is 1.96. The molecule has 1 amide bonds. The molecule has 0 radical (unpaired) electrons. The Morgan fingerprint density at radius 2 is 2.32 bits per heavy atom. The van der Waals surface area contributed by atoms with Crippen LogP contribution < -0.4 is 10.6 Å². The molecule has 1 unspecified atom stereocenters. The predicted molar refractivity (Wildman–Crippen MR) is 80.2 cm³/mol. The summed E-state index contributed by atoms with van der Waals surface area (Å²) in [4.78, 5) is 14.7. The van der Waals surface area contributed by atoms with Gasteiger partial charge in [0.2, 0.25) is 0 Å². The molecule has 1 saturated heterocycles. The summed E-state index contributed by atoms with van der Waals surface area (Å²) in [6.07, 6.45) is 4.00. The first-order valence-corrected chi connectivity index (χ1v) is 6.72. The van der Waals surface area contributed by atoms with Gasteiger partial charge in [-0.15, -0.1) is 12.4 Å². The van der Waals surface area contributed by atoms with E-state index in [0.29, 0.717) is 23.3 Å². The Labute approximate surface area is 125 Å². The predicted octanol–water partition coefficient (Wildman–Crippen LogP) is 2.60. The van der Waals surface area contributed by atoms with Gasteiger partial charge in [-0.05, 0) is 30.9 Å². The summed E-state index contributed by atoms with van der Waals surface area (Å²) >= 11 is 5.78. The van der Waals surface area contributed by atoms with Gasteiger partial charge in [0.25, 0.3) is 5.91 Å². The molecule has 1 fully saturated rings. The molecule has 0 aliphatic carbocycles. The lowest BCUT2D eigenvalue weighted by molar-refractivity contribution is 0.0924. The van der Waals surface area contributed by atoms with Gasteiger partial charge >= 0.3 is 0 Å². The first-order chi connectivity index (χ1) is 8.49. The Kier molecular flexibility index (Phi) is 5.71. The van der Waals surface area contributed by atoms with Gasteiger partial charge in [-0.25, -0.2) is 0 Å². The largest absolute Gasteiger partial charge is 0.356 e. The van der Waals surface area contributed by atoms with E-state index in [1.54, 1.807) is 12.3 Å². The van der Waals surface area contributed by atoms with Crippen LogP contribution in [0.2, 0.25) is 5.02 Å². The Morgan fingerprint density at radius 1 is 1.58 bits per heavy atom. The van der Waals surface area contributed by atoms with Crippen molar-refractivity contribution in [1.82, 2.24) is 15.6 Å². The molecule has 4 nitrogen and oxygen atoms in total. The van der Waals surface area contributed by atoms with Crippen LogP contribution in [0.5, 0.6) is 0 Å². The number of rotatable bonds is 3. The lowest BCUT2D eigenvalue weighted by atomic mass is 9.77. The summed E-state index contributed by atoms with van der Waals surface area (Å²) < 4.78 is 0. The molecule has 1 atom stereocenters. The van der Waals surface area contributed by atoms with Gasteiger partial charge in [-0.3, -0.25) is 4.79 Å². The standard InChI is InChI=1S/C13H20ClN3O.ClH/c1-13(2)4-3-5-15-11(13)8-17-12(18)10-6-9(14)7-16-10;/h6-7,11,15-16H,3-5,8H2,1-2H3,(H,17,18);1H. The number of aromatic nitrogens is 1. The fraction of sp³-hybridized carbons (Fsp3) is 0.615. The molecule has 0 aromatic carbocycles. The number of nitrogens with one attached hydrogen (secondary N) is 3. The molecule has 3 N–H and O–H groups in total. The quantitative estimate of drug-likeness (QED) is 0.804. The van der Waals surface area contributed by atoms with Crippen molar-refractivity contribution in [3.63, 3.8) is 0 Å². The zero-order valence-corrected chi connectivity index (χ0v) is 12.8. The normalized spacial score (nSPS) is 21.5. The second kappa shape index (κ2) is 6.64. The van der Waals surface area contributed by atoms with E-state index in [0.717, 1.165) is 6.54 Å². The van der Waals surface area contributed by atoms with Gasteiger partial charge in [0.05, 0.1) is 5.02 Å². The lowest BCUT2D eigenvalue weighted by Gasteiger charge is -2.39. The first-order valence-electron chi connectivity index (χ1n) is 6.34. The number of amides is 1. The first kappa shape index (κ1) is 16.3. The molecular formula is C13H21Cl2N3O. The Hall–Kier alpha value is -0.710. The van der Waals surface area contributed by atoms with Gasteiger partial charge in [0.1, 0.15) is 5.69 Å². The second-order valence-corrected chi connectivity index (χ2v) is 5.98. The van der Waals surface area contributed by atoms with Crippen molar-refractivity contribution in [3.8, 4) is 0 Å². The average Bonchev–Trinajstić information content (AvgIpc) is 2.73. The van der Waals surface area contributed by atoms with Crippen LogP contribution in [0.4, 0.5) is 0 Å². The minimum atomic E-state index is -0.106. The molecule has 2 rings (SSSR count). The van der Waals surface area contributed by atoms with Gasteiger partial charge in [-0.2, -0.15) is 0 Å². The number of carbonyl (C=O) groups is 1. The van der Waals surface area contributed by atoms with Crippen LogP contribution in [0.3, 0.4) is 0 Å². The molecule has 1 aromatic rings. The minimum absolute atomic E-state index is 0. The van der Waals surface area contributed by atoms with E-state index in [1.165, 1.54) is 12.8 Å². The fourth-order valence-corrected chi connectivity index (χ4v) is 2.57. The van der Waals surface area contributed by atoms with Crippen molar-refractivity contribution in [2.75, 3.05) is 13.1 Å². The highest BCUT2D eigenvalue weighted by Gasteiger charge is 2.31. The Balaban J connectivity index is 0.00000180. The Morgan fingerprint density at radius 3 is 2.89 bits per heavy atom. The van der Waals surface area contributed by atoms with Gasteiger partial charge in [-0.1, -0.05) is 25.4 Å². The number of aromatic amines is 1. The number of piperidine rings is 1. The van der Waals surface area contributed by atoms with E-state index >= 15 is 0 Å². The summed E-state index contributed by atoms with van der Waals surface area (Å²) in [5, 5.41) is 6.97. The van der Waals surface area contributed by atoms with Crippen LogP contribution in [0.15, 0.2) is 12.3 Å². The third-order valence-electron chi connectivity index (χ3n) is 3.69. The molecule has 1 aliphatic rings. The van der Waals surface area contributed by atoms with E-state index < -0.39 is 0 Å². The van der Waals surface area contributed by atoms with Crippen LogP contribution in [0.25, 0.3) is 0 Å². The molecule has 6 heteroatoms. The topological polar surface area (TPSA) is 56.9 Å². The van der Waals surface area contributed by atoms with E-state index in [1.807, 2.05) is 0 Å². The van der Waals surface area contributed by atoms with E-state index in [2.05, 4.69) is 29.5 Å². The zero-order chi connectivity index (χ0) is 13.2. The molecule has 108 valence electrons. The third kappa shape index (κ3) is 4.13. The van der Waals surface area contributed by atoms with Crippen molar-refractivity contribution in [2.24, 2.45) is 5.41 Å². The maximum atomic E-state index is 11.9. The SMILES string of the molecule is CC1(C)CCCNC1CNC(=O)c1cc(Cl)c[nH]1.Cl. The lowest BCUT2D eigenvalue weighted by Crippen LogP contribution is -2.52. The molecular weight excluding hydrogens is 285 g/mol. The average molecular weight is 306 g/mol. The number of carbonyl (C=O) groups excluding carboxylic acids is 1. The minimum Gasteiger partial charge on any atom is -0.356 e. The van der Waals surface area contributed by atoms with Gasteiger partial charge in [0.15, 0.2) is 0 Å². The summed E-state index contributed by atoms with van der Waals surface area (Å²) in [5.74, 6) is -0.106. The molecule has 0 saturated carbocycles. The number of H-pyrrole nitrogens is 1. The highest BCUT2D eigenvalue weighted by Crippen LogP contribution is 2.29. The maximum absolute atomic E-state index is 11.9. The van der Waals surface area contributed by atoms with Gasteiger partial charge in [0, 0.05) is 18.8 Å². The van der Waals surface area contributed by atoms with Crippen LogP contribution in [0, 0.1) is 5.41 Å². The number of halogens is 2. The molecule has 1 aromatic heterocycles. The second-order valence-electron chi connectivity index (χ2n) is 5.54. The van der Waals surface area contributed by atoms with Crippen LogP contribution >= 0.6 is 24.0 Å². The van der Waals surface area contributed by atoms with Crippen molar-refractivity contribution >= 4 is 29.9 Å². The van der Waals surface area contributed by atoms with Crippen molar-refractivity contribution < 1.29 is 4.79 Å². The smallest absolute Gasteiger partial charge is 0.267 e. The molecule has 2 heterocycles. The van der Waals surface area contributed by atoms with Crippen LogP contribution in [0.1, 0.15) is 37.2 Å². The fourth-order valence-electron chi connectivity index (χ4n) is 2.41. The van der Waals surface area contributed by atoms with Crippen molar-refractivity contribution in [3.05, 3.63) is 23.0 Å². The maximum Gasteiger partial charge on any atom is 0.267 e. The molecule has 19 heavy (non-hydrogen) atoms. The Bertz CT molecular complexity index is 431. The van der Waals surface area contributed by atoms with E-state index in [4.69, 9.17) is 11.6 Å². The zero-order valence-electron chi connectivity index (χ0n) is 11.3. The van der Waals surface area contributed by atoms with Gasteiger partial charge < -0.3 is 15.6 Å². The number of hydrogen-bond donors (Lipinski definition) is 3. The molecule has 0 bridgehead atoms. The van der Waals surface area contributed by atoms with Crippen molar-refractivity contribution in [2.45, 2.75) is 32.7 Å². The number of hydrogen-bond acceptors (Lipinski definition) is 2. The van der Waals surface area contributed by atoms with Crippen LogP contribution in [-0.4, -0.2) is 30.0 Å². The summed E-state index contributed by atoms with van der Waals surface area (Å²) in [5.41, 5.74) is 0.729. The summed E-state index contributed by atoms with van der Waals surface area (Å²) in [7, 11) is 0. The van der Waals surface area contributed by atoms with E-state index in [-0.39, 0.29) is 23.7 Å². The highest BCUT2D eigenvalue weighted by atomic mass is 35.5. The molecule has 0 spiro atoms. The third-order valence-corrected chi connectivity index (χ3v) is 3.91. The monoisotopic (exact) mass is 305 g/mol. The highest BCUT2D eigenvalue weighted by molar-refractivity contribution is 6.30. The molecule has 1 aliphatic heterocycles.